The van der Waals surface area contributed by atoms with Crippen LogP contribution in [0.3, 0.4) is 0 Å². The molecule has 2 rings (SSSR count). The van der Waals surface area contributed by atoms with Gasteiger partial charge in [0, 0.05) is 32.7 Å². The maximum Gasteiger partial charge on any atom is 0.278 e. The number of hydrogen-bond donors (Lipinski definition) is 2. The van der Waals surface area contributed by atoms with Crippen LogP contribution in [0.1, 0.15) is 21.7 Å². The van der Waals surface area contributed by atoms with Crippen molar-refractivity contribution in [2.24, 2.45) is 0 Å². The lowest BCUT2D eigenvalue weighted by Gasteiger charge is -2.12. The van der Waals surface area contributed by atoms with Crippen molar-refractivity contribution in [3.05, 3.63) is 35.2 Å². The van der Waals surface area contributed by atoms with Crippen LogP contribution in [0.15, 0.2) is 18.2 Å². The summed E-state index contributed by atoms with van der Waals surface area (Å²) in [5.41, 5.74) is 3.51. The summed E-state index contributed by atoms with van der Waals surface area (Å²) in [5, 5.41) is 2.67. The summed E-state index contributed by atoms with van der Waals surface area (Å²) in [7, 11) is -0.622. The van der Waals surface area contributed by atoms with E-state index in [1.807, 2.05) is 13.8 Å². The minimum atomic E-state index is -3.48. The van der Waals surface area contributed by atoms with Crippen molar-refractivity contribution in [2.75, 3.05) is 27.2 Å². The zero-order chi connectivity index (χ0) is 17.9. The smallest absolute Gasteiger partial charge is 0.278 e. The van der Waals surface area contributed by atoms with Gasteiger partial charge in [0.2, 0.25) is 0 Å². The van der Waals surface area contributed by atoms with Crippen molar-refractivity contribution in [2.45, 2.75) is 13.8 Å². The maximum absolute atomic E-state index is 12.2. The van der Waals surface area contributed by atoms with Crippen LogP contribution in [0, 0.1) is 13.8 Å². The topological polar surface area (TPSA) is 104 Å². The summed E-state index contributed by atoms with van der Waals surface area (Å²) < 4.78 is 26.5. The van der Waals surface area contributed by atoms with E-state index in [-0.39, 0.29) is 19.0 Å². The number of rotatable bonds is 6. The van der Waals surface area contributed by atoms with Crippen LogP contribution >= 0.6 is 0 Å². The van der Waals surface area contributed by atoms with Gasteiger partial charge in [0.05, 0.1) is 22.4 Å². The molecule has 1 aromatic carbocycles. The highest BCUT2D eigenvalue weighted by atomic mass is 32.2. The second kappa shape index (κ2) is 7.20. The van der Waals surface area contributed by atoms with Gasteiger partial charge in [-0.2, -0.15) is 12.7 Å². The fourth-order valence-electron chi connectivity index (χ4n) is 1.96. The van der Waals surface area contributed by atoms with Crippen molar-refractivity contribution in [3.8, 4) is 0 Å². The average molecular weight is 351 g/mol. The number of aryl methyl sites for hydroxylation is 2. The third kappa shape index (κ3) is 4.25. The van der Waals surface area contributed by atoms with Crippen LogP contribution in [0.25, 0.3) is 11.0 Å². The van der Waals surface area contributed by atoms with Crippen LogP contribution in [-0.4, -0.2) is 55.8 Å². The first-order valence-electron chi connectivity index (χ1n) is 7.41. The van der Waals surface area contributed by atoms with Gasteiger partial charge in [-0.3, -0.25) is 4.79 Å². The molecular formula is C15H21N5O3S. The van der Waals surface area contributed by atoms with Gasteiger partial charge in [0.15, 0.2) is 0 Å². The normalized spacial score (nSPS) is 11.9. The lowest BCUT2D eigenvalue weighted by atomic mass is 10.1. The molecule has 130 valence electrons. The lowest BCUT2D eigenvalue weighted by molar-refractivity contribution is 0.0954. The molecule has 0 radical (unpaired) electrons. The van der Waals surface area contributed by atoms with Crippen LogP contribution < -0.4 is 10.0 Å². The Labute approximate surface area is 141 Å². The van der Waals surface area contributed by atoms with E-state index in [1.54, 1.807) is 18.2 Å². The number of nitrogens with one attached hydrogen (secondary N) is 2. The zero-order valence-corrected chi connectivity index (χ0v) is 14.9. The molecule has 1 amide bonds. The molecular weight excluding hydrogens is 330 g/mol. The predicted molar refractivity (Wildman–Crippen MR) is 92.0 cm³/mol. The van der Waals surface area contributed by atoms with Gasteiger partial charge in [-0.15, -0.1) is 0 Å². The van der Waals surface area contributed by atoms with E-state index in [0.717, 1.165) is 21.2 Å². The second-order valence-electron chi connectivity index (χ2n) is 5.54. The molecule has 0 spiro atoms. The molecule has 8 nitrogen and oxygen atoms in total. The molecule has 0 aliphatic carbocycles. The molecule has 1 aromatic heterocycles. The van der Waals surface area contributed by atoms with E-state index in [9.17, 15) is 13.2 Å². The quantitative estimate of drug-likeness (QED) is 0.732. The Balaban J connectivity index is 2.00. The summed E-state index contributed by atoms with van der Waals surface area (Å²) in [6.45, 7) is 4.04. The van der Waals surface area contributed by atoms with Crippen LogP contribution in [0.5, 0.6) is 0 Å². The highest BCUT2D eigenvalue weighted by Gasteiger charge is 2.12. The largest absolute Gasteiger partial charge is 0.351 e. The summed E-state index contributed by atoms with van der Waals surface area (Å²) >= 11 is 0. The van der Waals surface area contributed by atoms with Crippen LogP contribution in [0.4, 0.5) is 0 Å². The molecule has 0 fully saturated rings. The number of hydrogen-bond acceptors (Lipinski definition) is 5. The average Bonchev–Trinajstić information content (AvgIpc) is 2.52. The van der Waals surface area contributed by atoms with Crippen molar-refractivity contribution in [1.82, 2.24) is 24.3 Å². The zero-order valence-electron chi connectivity index (χ0n) is 14.1. The summed E-state index contributed by atoms with van der Waals surface area (Å²) in [5.74, 6) is -0.291. The molecule has 0 bridgehead atoms. The number of amides is 1. The molecule has 0 aliphatic rings. The van der Waals surface area contributed by atoms with Gasteiger partial charge in [0.1, 0.15) is 0 Å². The standard InChI is InChI=1S/C15H21N5O3S/c1-10-11(2)19-14-9-12(5-6-13(14)18-10)15(21)16-7-8-17-24(22,23)20(3)4/h5-6,9,17H,7-8H2,1-4H3,(H,16,21). The Morgan fingerprint density at radius 2 is 1.71 bits per heavy atom. The van der Waals surface area contributed by atoms with Crippen molar-refractivity contribution >= 4 is 27.1 Å². The van der Waals surface area contributed by atoms with Crippen LogP contribution in [-0.2, 0) is 10.2 Å². The number of carbonyl (C=O) groups is 1. The molecule has 9 heteroatoms. The summed E-state index contributed by atoms with van der Waals surface area (Å²) in [6.07, 6.45) is 0. The molecule has 1 heterocycles. The maximum atomic E-state index is 12.2. The molecule has 0 unspecified atom stereocenters. The fraction of sp³-hybridized carbons (Fsp3) is 0.400. The molecule has 0 saturated carbocycles. The van der Waals surface area contributed by atoms with E-state index in [1.165, 1.54) is 14.1 Å². The fourth-order valence-corrected chi connectivity index (χ4v) is 2.58. The Bertz CT molecular complexity index is 865. The molecule has 0 atom stereocenters. The van der Waals surface area contributed by atoms with Crippen LogP contribution in [0.2, 0.25) is 0 Å². The SMILES string of the molecule is Cc1nc2ccc(C(=O)NCCNS(=O)(=O)N(C)C)cc2nc1C. The first kappa shape index (κ1) is 18.2. The monoisotopic (exact) mass is 351 g/mol. The summed E-state index contributed by atoms with van der Waals surface area (Å²) in [6, 6.07) is 5.09. The lowest BCUT2D eigenvalue weighted by Crippen LogP contribution is -2.40. The molecule has 2 aromatic rings. The van der Waals surface area contributed by atoms with Crippen molar-refractivity contribution in [3.63, 3.8) is 0 Å². The molecule has 0 aliphatic heterocycles. The molecule has 24 heavy (non-hydrogen) atoms. The van der Waals surface area contributed by atoms with E-state index in [0.29, 0.717) is 11.1 Å². The highest BCUT2D eigenvalue weighted by molar-refractivity contribution is 7.87. The highest BCUT2D eigenvalue weighted by Crippen LogP contribution is 2.14. The van der Waals surface area contributed by atoms with E-state index in [4.69, 9.17) is 0 Å². The predicted octanol–water partition coefficient (Wildman–Crippen LogP) is 0.372. The minimum absolute atomic E-state index is 0.109. The molecule has 0 saturated heterocycles. The van der Waals surface area contributed by atoms with E-state index in [2.05, 4.69) is 20.0 Å². The number of nitrogens with zero attached hydrogens (tertiary/aromatic N) is 3. The first-order valence-corrected chi connectivity index (χ1v) is 8.85. The third-order valence-corrected chi connectivity index (χ3v) is 5.04. The Morgan fingerprint density at radius 3 is 2.33 bits per heavy atom. The van der Waals surface area contributed by atoms with Crippen molar-refractivity contribution in [1.29, 1.82) is 0 Å². The van der Waals surface area contributed by atoms with Gasteiger partial charge in [-0.1, -0.05) is 0 Å². The van der Waals surface area contributed by atoms with E-state index < -0.39 is 10.2 Å². The Morgan fingerprint density at radius 1 is 1.08 bits per heavy atom. The van der Waals surface area contributed by atoms with Gasteiger partial charge in [0.25, 0.3) is 16.1 Å². The Kier molecular flexibility index (Phi) is 5.47. The number of carbonyl (C=O) groups excluding carboxylic acids is 1. The Hall–Kier alpha value is -2.10. The number of fused-ring (bicyclic) bond motifs is 1. The first-order chi connectivity index (χ1) is 11.2. The molecule has 2 N–H and O–H groups in total. The number of aromatic nitrogens is 2. The number of benzene rings is 1. The minimum Gasteiger partial charge on any atom is -0.351 e. The van der Waals surface area contributed by atoms with Gasteiger partial charge < -0.3 is 5.32 Å². The second-order valence-corrected chi connectivity index (χ2v) is 7.50. The van der Waals surface area contributed by atoms with Gasteiger partial charge in [-0.05, 0) is 32.0 Å². The van der Waals surface area contributed by atoms with Crippen molar-refractivity contribution < 1.29 is 13.2 Å². The van der Waals surface area contributed by atoms with Gasteiger partial charge >= 0.3 is 0 Å². The third-order valence-electron chi connectivity index (χ3n) is 3.51. The van der Waals surface area contributed by atoms with Gasteiger partial charge in [-0.25, -0.2) is 14.7 Å². The van der Waals surface area contributed by atoms with E-state index >= 15 is 0 Å². The summed E-state index contributed by atoms with van der Waals surface area (Å²) in [4.78, 5) is 21.0.